The second-order valence-electron chi connectivity index (χ2n) is 2.01. The molecule has 11 heavy (non-hydrogen) atoms. The third-order valence-corrected chi connectivity index (χ3v) is 1.09. The van der Waals surface area contributed by atoms with Crippen molar-refractivity contribution in [2.24, 2.45) is 0 Å². The summed E-state index contributed by atoms with van der Waals surface area (Å²) < 4.78 is 6.24. The molecule has 5 nitrogen and oxygen atoms in total. The van der Waals surface area contributed by atoms with Crippen molar-refractivity contribution in [1.29, 1.82) is 0 Å². The van der Waals surface area contributed by atoms with Crippen LogP contribution < -0.4 is 4.74 Å². The Bertz CT molecular complexity index is 256. The monoisotopic (exact) mass is 155 g/mol. The summed E-state index contributed by atoms with van der Waals surface area (Å²) in [6, 6.07) is 0. The van der Waals surface area contributed by atoms with E-state index in [1.165, 1.54) is 6.92 Å². The molecule has 0 amide bonds. The van der Waals surface area contributed by atoms with Crippen LogP contribution in [0.1, 0.15) is 13.8 Å². The molecular formula is C6H9N3O2. The molecule has 0 unspecified atom stereocenters. The van der Waals surface area contributed by atoms with Crippen LogP contribution in [0.15, 0.2) is 6.20 Å². The van der Waals surface area contributed by atoms with Crippen molar-refractivity contribution in [3.05, 3.63) is 6.20 Å². The smallest absolute Gasteiger partial charge is 0.309 e. The average molecular weight is 155 g/mol. The summed E-state index contributed by atoms with van der Waals surface area (Å²) in [5, 5.41) is 7.27. The number of carbonyl (C=O) groups is 1. The van der Waals surface area contributed by atoms with Crippen LogP contribution in [0.5, 0.6) is 5.88 Å². The number of ether oxygens (including phenoxy) is 1. The van der Waals surface area contributed by atoms with Crippen LogP contribution in [-0.4, -0.2) is 21.0 Å². The molecule has 1 aromatic rings. The Morgan fingerprint density at radius 3 is 3.00 bits per heavy atom. The fourth-order valence-electron chi connectivity index (χ4n) is 0.629. The van der Waals surface area contributed by atoms with Gasteiger partial charge < -0.3 is 4.74 Å². The van der Waals surface area contributed by atoms with E-state index >= 15 is 0 Å². The maximum atomic E-state index is 10.4. The summed E-state index contributed by atoms with van der Waals surface area (Å²) in [6.45, 7) is 3.96. The molecule has 1 heterocycles. The van der Waals surface area contributed by atoms with Gasteiger partial charge in [0.2, 0.25) is 0 Å². The largest absolute Gasteiger partial charge is 0.404 e. The highest BCUT2D eigenvalue weighted by atomic mass is 16.5. The normalized spacial score (nSPS) is 9.64. The standard InChI is InChI=1S/C6H9N3O2/c1-3-9-4-6(7-8-9)11-5(2)10/h4H,3H2,1-2H3. The Morgan fingerprint density at radius 2 is 2.55 bits per heavy atom. The first-order valence-electron chi connectivity index (χ1n) is 3.31. The van der Waals surface area contributed by atoms with Crippen LogP contribution >= 0.6 is 0 Å². The summed E-state index contributed by atoms with van der Waals surface area (Å²) in [7, 11) is 0. The topological polar surface area (TPSA) is 57.0 Å². The number of aryl methyl sites for hydroxylation is 1. The Kier molecular flexibility index (Phi) is 2.20. The molecule has 5 heteroatoms. The molecule has 0 aliphatic heterocycles. The van der Waals surface area contributed by atoms with Gasteiger partial charge in [-0.15, -0.1) is 0 Å². The molecule has 1 rings (SSSR count). The quantitative estimate of drug-likeness (QED) is 0.573. The summed E-state index contributed by atoms with van der Waals surface area (Å²) in [4.78, 5) is 10.4. The van der Waals surface area contributed by atoms with Crippen molar-refractivity contribution in [1.82, 2.24) is 15.0 Å². The molecule has 0 saturated heterocycles. The van der Waals surface area contributed by atoms with Gasteiger partial charge in [-0.2, -0.15) is 0 Å². The minimum Gasteiger partial charge on any atom is -0.404 e. The highest BCUT2D eigenvalue weighted by Crippen LogP contribution is 2.02. The van der Waals surface area contributed by atoms with Gasteiger partial charge in [-0.25, -0.2) is 4.68 Å². The van der Waals surface area contributed by atoms with Crippen molar-refractivity contribution >= 4 is 5.97 Å². The number of esters is 1. The maximum absolute atomic E-state index is 10.4. The van der Waals surface area contributed by atoms with E-state index in [4.69, 9.17) is 0 Å². The number of carbonyl (C=O) groups excluding carboxylic acids is 1. The van der Waals surface area contributed by atoms with Gasteiger partial charge in [0, 0.05) is 13.5 Å². The van der Waals surface area contributed by atoms with Crippen molar-refractivity contribution in [3.8, 4) is 5.88 Å². The average Bonchev–Trinajstić information content (AvgIpc) is 2.34. The lowest BCUT2D eigenvalue weighted by atomic mass is 10.7. The van der Waals surface area contributed by atoms with Gasteiger partial charge in [-0.05, 0) is 6.92 Å². The highest BCUT2D eigenvalue weighted by molar-refractivity contribution is 5.68. The lowest BCUT2D eigenvalue weighted by Crippen LogP contribution is -2.01. The molecule has 0 aliphatic carbocycles. The number of hydrogen-bond acceptors (Lipinski definition) is 4. The van der Waals surface area contributed by atoms with E-state index in [2.05, 4.69) is 15.0 Å². The third-order valence-electron chi connectivity index (χ3n) is 1.09. The predicted octanol–water partition coefficient (Wildman–Crippen LogP) is 0.223. The zero-order valence-electron chi connectivity index (χ0n) is 6.44. The molecule has 0 aromatic carbocycles. The molecule has 0 fully saturated rings. The van der Waals surface area contributed by atoms with Gasteiger partial charge in [0.1, 0.15) is 0 Å². The SMILES string of the molecule is CCn1cc(OC(C)=O)nn1. The van der Waals surface area contributed by atoms with Gasteiger partial charge in [0.15, 0.2) is 0 Å². The van der Waals surface area contributed by atoms with Crippen LogP contribution in [0.4, 0.5) is 0 Å². The molecule has 0 spiro atoms. The van der Waals surface area contributed by atoms with Crippen LogP contribution in [0.3, 0.4) is 0 Å². The maximum Gasteiger partial charge on any atom is 0.309 e. The van der Waals surface area contributed by atoms with Crippen LogP contribution in [-0.2, 0) is 11.3 Å². The fraction of sp³-hybridized carbons (Fsp3) is 0.500. The van der Waals surface area contributed by atoms with Crippen molar-refractivity contribution in [2.45, 2.75) is 20.4 Å². The van der Waals surface area contributed by atoms with Gasteiger partial charge >= 0.3 is 5.97 Å². The minimum atomic E-state index is -0.381. The van der Waals surface area contributed by atoms with E-state index < -0.39 is 0 Å². The Hall–Kier alpha value is -1.39. The molecule has 0 radical (unpaired) electrons. The number of aromatic nitrogens is 3. The van der Waals surface area contributed by atoms with E-state index in [0.29, 0.717) is 6.54 Å². The van der Waals surface area contributed by atoms with E-state index in [1.54, 1.807) is 10.9 Å². The van der Waals surface area contributed by atoms with Crippen molar-refractivity contribution in [3.63, 3.8) is 0 Å². The van der Waals surface area contributed by atoms with E-state index in [0.717, 1.165) is 0 Å². The molecule has 0 bridgehead atoms. The first kappa shape index (κ1) is 7.71. The van der Waals surface area contributed by atoms with Crippen LogP contribution in [0.2, 0.25) is 0 Å². The first-order chi connectivity index (χ1) is 5.22. The van der Waals surface area contributed by atoms with Gasteiger partial charge in [-0.3, -0.25) is 4.79 Å². The molecule has 0 N–H and O–H groups in total. The Balaban J connectivity index is 2.65. The van der Waals surface area contributed by atoms with Gasteiger partial charge in [0.05, 0.1) is 6.20 Å². The summed E-state index contributed by atoms with van der Waals surface area (Å²) in [5.41, 5.74) is 0. The van der Waals surface area contributed by atoms with E-state index in [-0.39, 0.29) is 11.8 Å². The molecule has 0 aliphatic rings. The number of hydrogen-bond donors (Lipinski definition) is 0. The lowest BCUT2D eigenvalue weighted by Gasteiger charge is -1.91. The zero-order valence-corrected chi connectivity index (χ0v) is 6.44. The van der Waals surface area contributed by atoms with Crippen molar-refractivity contribution < 1.29 is 9.53 Å². The molecule has 0 atom stereocenters. The van der Waals surface area contributed by atoms with Crippen LogP contribution in [0.25, 0.3) is 0 Å². The Morgan fingerprint density at radius 1 is 1.82 bits per heavy atom. The molecule has 60 valence electrons. The second-order valence-corrected chi connectivity index (χ2v) is 2.01. The minimum absolute atomic E-state index is 0.249. The van der Waals surface area contributed by atoms with E-state index in [1.807, 2.05) is 6.92 Å². The summed E-state index contributed by atoms with van der Waals surface area (Å²) in [6.07, 6.45) is 1.57. The van der Waals surface area contributed by atoms with Crippen molar-refractivity contribution in [2.75, 3.05) is 0 Å². The highest BCUT2D eigenvalue weighted by Gasteiger charge is 2.01. The van der Waals surface area contributed by atoms with Gasteiger partial charge in [-0.1, -0.05) is 10.3 Å². The first-order valence-corrected chi connectivity index (χ1v) is 3.31. The third kappa shape index (κ3) is 2.03. The van der Waals surface area contributed by atoms with Gasteiger partial charge in [0.25, 0.3) is 5.88 Å². The zero-order chi connectivity index (χ0) is 8.27. The van der Waals surface area contributed by atoms with Crippen LogP contribution in [0, 0.1) is 0 Å². The lowest BCUT2D eigenvalue weighted by molar-refractivity contribution is -0.132. The second kappa shape index (κ2) is 3.14. The Labute approximate surface area is 64.0 Å². The molecule has 1 aromatic heterocycles. The fourth-order valence-corrected chi connectivity index (χ4v) is 0.629. The molecule has 0 saturated carbocycles. The summed E-state index contributed by atoms with van der Waals surface area (Å²) in [5.74, 6) is -0.132. The molecular weight excluding hydrogens is 146 g/mol. The predicted molar refractivity (Wildman–Crippen MR) is 37.0 cm³/mol. The number of rotatable bonds is 2. The van der Waals surface area contributed by atoms with E-state index in [9.17, 15) is 4.79 Å². The summed E-state index contributed by atoms with van der Waals surface area (Å²) >= 11 is 0. The number of nitrogens with zero attached hydrogens (tertiary/aromatic N) is 3.